The summed E-state index contributed by atoms with van der Waals surface area (Å²) in [6, 6.07) is 8.84. The van der Waals surface area contributed by atoms with Gasteiger partial charge in [0.1, 0.15) is 6.10 Å². The number of hydrogen-bond acceptors (Lipinski definition) is 3. The number of nitrogens with one attached hydrogen (secondary N) is 1. The molecule has 2 atom stereocenters. The monoisotopic (exact) mass is 235 g/mol. The molecule has 1 saturated heterocycles. The smallest absolute Gasteiger partial charge is 0.100 e. The van der Waals surface area contributed by atoms with Gasteiger partial charge in [-0.2, -0.15) is 0 Å². The Morgan fingerprint density at radius 3 is 2.65 bits per heavy atom. The topological polar surface area (TPSA) is 30.5 Å². The number of rotatable bonds is 4. The van der Waals surface area contributed by atoms with Crippen LogP contribution in [0.4, 0.5) is 0 Å². The Morgan fingerprint density at radius 2 is 2.06 bits per heavy atom. The molecule has 17 heavy (non-hydrogen) atoms. The maximum atomic E-state index is 5.79. The van der Waals surface area contributed by atoms with Crippen molar-refractivity contribution < 1.29 is 9.47 Å². The summed E-state index contributed by atoms with van der Waals surface area (Å²) in [6.45, 7) is 7.22. The number of likely N-dealkylation sites (N-methyl/N-ethyl adjacent to an activating group) is 1. The summed E-state index contributed by atoms with van der Waals surface area (Å²) >= 11 is 0. The number of benzene rings is 1. The molecule has 3 heteroatoms. The Labute approximate surface area is 103 Å². The fourth-order valence-corrected chi connectivity index (χ4v) is 2.16. The van der Waals surface area contributed by atoms with Crippen molar-refractivity contribution >= 4 is 0 Å². The van der Waals surface area contributed by atoms with E-state index >= 15 is 0 Å². The maximum Gasteiger partial charge on any atom is 0.100 e. The summed E-state index contributed by atoms with van der Waals surface area (Å²) in [5.41, 5.74) is 2.55. The zero-order chi connectivity index (χ0) is 12.1. The average molecular weight is 235 g/mol. The van der Waals surface area contributed by atoms with Crippen molar-refractivity contribution in [3.63, 3.8) is 0 Å². The van der Waals surface area contributed by atoms with Crippen LogP contribution in [0.25, 0.3) is 0 Å². The van der Waals surface area contributed by atoms with E-state index in [9.17, 15) is 0 Å². The van der Waals surface area contributed by atoms with Crippen LogP contribution in [0.15, 0.2) is 24.3 Å². The molecular weight excluding hydrogens is 214 g/mol. The predicted molar refractivity (Wildman–Crippen MR) is 68.2 cm³/mol. The van der Waals surface area contributed by atoms with Gasteiger partial charge < -0.3 is 14.8 Å². The second-order valence-electron chi connectivity index (χ2n) is 4.43. The highest BCUT2D eigenvalue weighted by Gasteiger charge is 2.25. The molecule has 0 aliphatic carbocycles. The summed E-state index contributed by atoms with van der Waals surface area (Å²) in [5, 5.41) is 3.48. The molecule has 1 aromatic carbocycles. The van der Waals surface area contributed by atoms with Gasteiger partial charge in [0, 0.05) is 0 Å². The molecule has 1 aliphatic rings. The fourth-order valence-electron chi connectivity index (χ4n) is 2.16. The molecule has 0 radical (unpaired) electrons. The molecule has 0 amide bonds. The highest BCUT2D eigenvalue weighted by atomic mass is 16.6. The standard InChI is InChI=1S/C14H21NO2/c1-3-15-14(13-10-16-8-9-17-13)12-6-4-11(2)5-7-12/h4-7,13-15H,3,8-10H2,1-2H3. The summed E-state index contributed by atoms with van der Waals surface area (Å²) in [6.07, 6.45) is 0.117. The third kappa shape index (κ3) is 3.28. The lowest BCUT2D eigenvalue weighted by Gasteiger charge is -2.31. The van der Waals surface area contributed by atoms with Crippen molar-refractivity contribution in [1.82, 2.24) is 5.32 Å². The summed E-state index contributed by atoms with van der Waals surface area (Å²) in [4.78, 5) is 0. The van der Waals surface area contributed by atoms with Gasteiger partial charge in [-0.15, -0.1) is 0 Å². The van der Waals surface area contributed by atoms with E-state index in [0.29, 0.717) is 19.8 Å². The van der Waals surface area contributed by atoms with E-state index in [-0.39, 0.29) is 12.1 Å². The maximum absolute atomic E-state index is 5.79. The Balaban J connectivity index is 2.12. The summed E-state index contributed by atoms with van der Waals surface area (Å²) in [7, 11) is 0. The van der Waals surface area contributed by atoms with Crippen LogP contribution in [-0.4, -0.2) is 32.5 Å². The van der Waals surface area contributed by atoms with Crippen molar-refractivity contribution in [2.24, 2.45) is 0 Å². The van der Waals surface area contributed by atoms with E-state index in [1.54, 1.807) is 0 Å². The zero-order valence-electron chi connectivity index (χ0n) is 10.6. The minimum Gasteiger partial charge on any atom is -0.376 e. The van der Waals surface area contributed by atoms with E-state index < -0.39 is 0 Å². The molecule has 0 aromatic heterocycles. The quantitative estimate of drug-likeness (QED) is 0.866. The zero-order valence-corrected chi connectivity index (χ0v) is 10.6. The van der Waals surface area contributed by atoms with Crippen LogP contribution in [-0.2, 0) is 9.47 Å². The first kappa shape index (κ1) is 12.6. The predicted octanol–water partition coefficient (Wildman–Crippen LogP) is 2.06. The van der Waals surface area contributed by atoms with Crippen LogP contribution in [0.2, 0.25) is 0 Å². The first-order valence-corrected chi connectivity index (χ1v) is 6.30. The molecule has 94 valence electrons. The Bertz CT molecular complexity index is 331. The lowest BCUT2D eigenvalue weighted by molar-refractivity contribution is -0.102. The lowest BCUT2D eigenvalue weighted by atomic mass is 10.00. The molecule has 1 fully saturated rings. The van der Waals surface area contributed by atoms with Gasteiger partial charge in [0.25, 0.3) is 0 Å². The van der Waals surface area contributed by atoms with E-state index in [1.807, 2.05) is 0 Å². The molecule has 1 N–H and O–H groups in total. The Kier molecular flexibility index (Phi) is 4.54. The third-order valence-electron chi connectivity index (χ3n) is 3.07. The molecule has 2 rings (SSSR count). The highest BCUT2D eigenvalue weighted by Crippen LogP contribution is 2.22. The molecule has 0 saturated carbocycles. The Hall–Kier alpha value is -0.900. The molecule has 2 unspecified atom stereocenters. The van der Waals surface area contributed by atoms with Crippen LogP contribution in [0.5, 0.6) is 0 Å². The SMILES string of the molecule is CCNC(c1ccc(C)cc1)C1COCCO1. The third-order valence-corrected chi connectivity index (χ3v) is 3.07. The number of hydrogen-bond donors (Lipinski definition) is 1. The van der Waals surface area contributed by atoms with Crippen molar-refractivity contribution in [3.05, 3.63) is 35.4 Å². The highest BCUT2D eigenvalue weighted by molar-refractivity contribution is 5.25. The van der Waals surface area contributed by atoms with Crippen LogP contribution >= 0.6 is 0 Å². The molecule has 0 spiro atoms. The number of aryl methyl sites for hydroxylation is 1. The minimum absolute atomic E-state index is 0.117. The second kappa shape index (κ2) is 6.15. The summed E-state index contributed by atoms with van der Waals surface area (Å²) in [5.74, 6) is 0. The van der Waals surface area contributed by atoms with Gasteiger partial charge in [-0.1, -0.05) is 36.8 Å². The Morgan fingerprint density at radius 1 is 1.29 bits per heavy atom. The van der Waals surface area contributed by atoms with Crippen LogP contribution < -0.4 is 5.32 Å². The van der Waals surface area contributed by atoms with Crippen LogP contribution in [0.1, 0.15) is 24.1 Å². The summed E-state index contributed by atoms with van der Waals surface area (Å²) < 4.78 is 11.3. The minimum atomic E-state index is 0.117. The first-order chi connectivity index (χ1) is 8.31. The van der Waals surface area contributed by atoms with Crippen molar-refractivity contribution in [3.8, 4) is 0 Å². The van der Waals surface area contributed by atoms with E-state index in [1.165, 1.54) is 11.1 Å². The first-order valence-electron chi connectivity index (χ1n) is 6.30. The van der Waals surface area contributed by atoms with Crippen molar-refractivity contribution in [2.45, 2.75) is 26.0 Å². The van der Waals surface area contributed by atoms with Gasteiger partial charge in [0.2, 0.25) is 0 Å². The lowest BCUT2D eigenvalue weighted by Crippen LogP contribution is -2.40. The fraction of sp³-hybridized carbons (Fsp3) is 0.571. The normalized spacial score (nSPS) is 22.4. The molecular formula is C14H21NO2. The second-order valence-corrected chi connectivity index (χ2v) is 4.43. The van der Waals surface area contributed by atoms with Gasteiger partial charge in [0.15, 0.2) is 0 Å². The van der Waals surface area contributed by atoms with Gasteiger partial charge in [-0.05, 0) is 19.0 Å². The molecule has 1 aliphatic heterocycles. The van der Waals surface area contributed by atoms with Gasteiger partial charge >= 0.3 is 0 Å². The largest absolute Gasteiger partial charge is 0.376 e. The molecule has 1 aromatic rings. The van der Waals surface area contributed by atoms with Gasteiger partial charge in [-0.25, -0.2) is 0 Å². The van der Waals surface area contributed by atoms with Crippen molar-refractivity contribution in [2.75, 3.05) is 26.4 Å². The number of ether oxygens (including phenoxy) is 2. The van der Waals surface area contributed by atoms with E-state index in [4.69, 9.17) is 9.47 Å². The van der Waals surface area contributed by atoms with Gasteiger partial charge in [0.05, 0.1) is 25.9 Å². The van der Waals surface area contributed by atoms with Crippen LogP contribution in [0, 0.1) is 6.92 Å². The molecule has 3 nitrogen and oxygen atoms in total. The van der Waals surface area contributed by atoms with Crippen LogP contribution in [0.3, 0.4) is 0 Å². The molecule has 1 heterocycles. The van der Waals surface area contributed by atoms with E-state index in [2.05, 4.69) is 43.4 Å². The van der Waals surface area contributed by atoms with E-state index in [0.717, 1.165) is 6.54 Å². The molecule has 0 bridgehead atoms. The van der Waals surface area contributed by atoms with Gasteiger partial charge in [-0.3, -0.25) is 0 Å². The van der Waals surface area contributed by atoms with Crippen molar-refractivity contribution in [1.29, 1.82) is 0 Å². The average Bonchev–Trinajstić information content (AvgIpc) is 2.38.